The van der Waals surface area contributed by atoms with Crippen molar-refractivity contribution in [1.29, 1.82) is 0 Å². The normalized spacial score (nSPS) is 26.8. The second-order valence-corrected chi connectivity index (χ2v) is 5.13. The van der Waals surface area contributed by atoms with Crippen molar-refractivity contribution in [2.24, 2.45) is 11.8 Å². The van der Waals surface area contributed by atoms with E-state index in [1.807, 2.05) is 0 Å². The molecule has 1 N–H and O–H groups in total. The molecule has 1 heterocycles. The van der Waals surface area contributed by atoms with Crippen molar-refractivity contribution in [2.75, 3.05) is 26.2 Å². The summed E-state index contributed by atoms with van der Waals surface area (Å²) >= 11 is 0. The molecule has 15 heavy (non-hydrogen) atoms. The Morgan fingerprint density at radius 3 is 2.60 bits per heavy atom. The van der Waals surface area contributed by atoms with Crippen LogP contribution in [0.5, 0.6) is 0 Å². The number of nitrogens with one attached hydrogen (secondary N) is 1. The monoisotopic (exact) mass is 212 g/mol. The van der Waals surface area contributed by atoms with Crippen molar-refractivity contribution >= 4 is 0 Å². The number of rotatable bonds is 6. The second-order valence-electron chi connectivity index (χ2n) is 5.13. The van der Waals surface area contributed by atoms with Gasteiger partial charge in [0.2, 0.25) is 0 Å². The number of likely N-dealkylation sites (tertiary alicyclic amines) is 1. The fourth-order valence-electron chi connectivity index (χ4n) is 2.27. The van der Waals surface area contributed by atoms with E-state index in [4.69, 9.17) is 0 Å². The molecule has 0 aromatic carbocycles. The van der Waals surface area contributed by atoms with Crippen molar-refractivity contribution < 1.29 is 0 Å². The van der Waals surface area contributed by atoms with Crippen LogP contribution in [0.4, 0.5) is 0 Å². The van der Waals surface area contributed by atoms with Gasteiger partial charge < -0.3 is 10.2 Å². The van der Waals surface area contributed by atoms with Crippen molar-refractivity contribution in [2.45, 2.75) is 46.6 Å². The maximum absolute atomic E-state index is 3.69. The first-order valence-electron chi connectivity index (χ1n) is 6.63. The number of hydrogen-bond donors (Lipinski definition) is 1. The third kappa shape index (κ3) is 4.12. The number of nitrogens with zero attached hydrogens (tertiary/aromatic N) is 1. The summed E-state index contributed by atoms with van der Waals surface area (Å²) in [5.41, 5.74) is 0. The summed E-state index contributed by atoms with van der Waals surface area (Å²) in [6, 6.07) is 0.672. The zero-order chi connectivity index (χ0) is 11.3. The van der Waals surface area contributed by atoms with E-state index in [0.29, 0.717) is 6.04 Å². The van der Waals surface area contributed by atoms with Crippen molar-refractivity contribution in [3.8, 4) is 0 Å². The summed E-state index contributed by atoms with van der Waals surface area (Å²) in [5, 5.41) is 3.69. The highest BCUT2D eigenvalue weighted by Gasteiger charge is 2.21. The van der Waals surface area contributed by atoms with Crippen LogP contribution in [0, 0.1) is 11.8 Å². The summed E-state index contributed by atoms with van der Waals surface area (Å²) in [6.07, 6.45) is 2.66. The molecule has 0 bridgehead atoms. The van der Waals surface area contributed by atoms with Crippen LogP contribution in [-0.4, -0.2) is 37.1 Å². The quantitative estimate of drug-likeness (QED) is 0.727. The van der Waals surface area contributed by atoms with Crippen molar-refractivity contribution in [3.05, 3.63) is 0 Å². The van der Waals surface area contributed by atoms with Crippen LogP contribution < -0.4 is 5.32 Å². The Morgan fingerprint density at radius 1 is 1.33 bits per heavy atom. The third-order valence-corrected chi connectivity index (χ3v) is 4.04. The minimum Gasteiger partial charge on any atom is -0.314 e. The summed E-state index contributed by atoms with van der Waals surface area (Å²) < 4.78 is 0. The van der Waals surface area contributed by atoms with Gasteiger partial charge in [-0.25, -0.2) is 0 Å². The SMILES string of the molecule is CCC(C)C(C)NCC1CCN(CC)C1. The van der Waals surface area contributed by atoms with Gasteiger partial charge in [0.1, 0.15) is 0 Å². The van der Waals surface area contributed by atoms with Crippen LogP contribution in [0.25, 0.3) is 0 Å². The molecule has 0 saturated carbocycles. The van der Waals surface area contributed by atoms with Gasteiger partial charge in [0, 0.05) is 12.6 Å². The minimum absolute atomic E-state index is 0.672. The average Bonchev–Trinajstić information content (AvgIpc) is 2.72. The average molecular weight is 212 g/mol. The lowest BCUT2D eigenvalue weighted by atomic mass is 10.00. The molecule has 0 aliphatic carbocycles. The molecule has 1 fully saturated rings. The lowest BCUT2D eigenvalue weighted by Crippen LogP contribution is -2.36. The first kappa shape index (κ1) is 13.0. The predicted molar refractivity (Wildman–Crippen MR) is 67.1 cm³/mol. The van der Waals surface area contributed by atoms with Gasteiger partial charge >= 0.3 is 0 Å². The second kappa shape index (κ2) is 6.49. The van der Waals surface area contributed by atoms with Crippen LogP contribution in [0.3, 0.4) is 0 Å². The van der Waals surface area contributed by atoms with E-state index in [1.165, 1.54) is 39.0 Å². The topological polar surface area (TPSA) is 15.3 Å². The van der Waals surface area contributed by atoms with Gasteiger partial charge in [-0.15, -0.1) is 0 Å². The molecule has 1 aliphatic heterocycles. The first-order chi connectivity index (χ1) is 7.17. The van der Waals surface area contributed by atoms with Crippen LogP contribution in [0.2, 0.25) is 0 Å². The highest BCUT2D eigenvalue weighted by atomic mass is 15.1. The molecule has 2 nitrogen and oxygen atoms in total. The molecular formula is C13H28N2. The molecule has 2 heteroatoms. The van der Waals surface area contributed by atoms with Gasteiger partial charge in [0.05, 0.1) is 0 Å². The smallest absolute Gasteiger partial charge is 0.00643 e. The van der Waals surface area contributed by atoms with E-state index in [2.05, 4.69) is 37.9 Å². The van der Waals surface area contributed by atoms with Crippen molar-refractivity contribution in [1.82, 2.24) is 10.2 Å². The standard InChI is InChI=1S/C13H28N2/c1-5-11(3)12(4)14-9-13-7-8-15(6-2)10-13/h11-14H,5-10H2,1-4H3. The molecule has 0 radical (unpaired) electrons. The molecule has 0 amide bonds. The van der Waals surface area contributed by atoms with Crippen LogP contribution >= 0.6 is 0 Å². The molecular weight excluding hydrogens is 184 g/mol. The zero-order valence-electron chi connectivity index (χ0n) is 10.9. The fourth-order valence-corrected chi connectivity index (χ4v) is 2.27. The minimum atomic E-state index is 0.672. The maximum atomic E-state index is 3.69. The predicted octanol–water partition coefficient (Wildman–Crippen LogP) is 2.35. The molecule has 0 spiro atoms. The third-order valence-electron chi connectivity index (χ3n) is 4.04. The molecule has 0 aromatic heterocycles. The molecule has 0 aromatic rings. The first-order valence-corrected chi connectivity index (χ1v) is 6.63. The van der Waals surface area contributed by atoms with Crippen LogP contribution in [0.1, 0.15) is 40.5 Å². The largest absolute Gasteiger partial charge is 0.314 e. The maximum Gasteiger partial charge on any atom is 0.00643 e. The Bertz CT molecular complexity index is 170. The lowest BCUT2D eigenvalue weighted by Gasteiger charge is -2.22. The Balaban J connectivity index is 2.15. The molecule has 3 unspecified atom stereocenters. The van der Waals surface area contributed by atoms with Gasteiger partial charge in [0.15, 0.2) is 0 Å². The van der Waals surface area contributed by atoms with E-state index >= 15 is 0 Å². The Hall–Kier alpha value is -0.0800. The summed E-state index contributed by atoms with van der Waals surface area (Å²) in [4.78, 5) is 2.56. The zero-order valence-corrected chi connectivity index (χ0v) is 10.9. The Labute approximate surface area is 95.4 Å². The van der Waals surface area contributed by atoms with Crippen molar-refractivity contribution in [3.63, 3.8) is 0 Å². The van der Waals surface area contributed by atoms with Gasteiger partial charge in [-0.1, -0.05) is 27.2 Å². The van der Waals surface area contributed by atoms with E-state index in [1.54, 1.807) is 0 Å². The Kier molecular flexibility index (Phi) is 5.62. The molecule has 1 saturated heterocycles. The fraction of sp³-hybridized carbons (Fsp3) is 1.00. The molecule has 3 atom stereocenters. The van der Waals surface area contributed by atoms with Gasteiger partial charge in [-0.2, -0.15) is 0 Å². The molecule has 1 rings (SSSR count). The summed E-state index contributed by atoms with van der Waals surface area (Å²) in [6.45, 7) is 14.2. The van der Waals surface area contributed by atoms with Crippen LogP contribution in [-0.2, 0) is 0 Å². The highest BCUT2D eigenvalue weighted by Crippen LogP contribution is 2.15. The summed E-state index contributed by atoms with van der Waals surface area (Å²) in [5.74, 6) is 1.69. The Morgan fingerprint density at radius 2 is 2.07 bits per heavy atom. The van der Waals surface area contributed by atoms with E-state index in [-0.39, 0.29) is 0 Å². The molecule has 1 aliphatic rings. The van der Waals surface area contributed by atoms with E-state index in [0.717, 1.165) is 11.8 Å². The van der Waals surface area contributed by atoms with Gasteiger partial charge in [0.25, 0.3) is 0 Å². The van der Waals surface area contributed by atoms with E-state index in [9.17, 15) is 0 Å². The van der Waals surface area contributed by atoms with Gasteiger partial charge in [-0.05, 0) is 44.8 Å². The van der Waals surface area contributed by atoms with Gasteiger partial charge in [-0.3, -0.25) is 0 Å². The molecule has 90 valence electrons. The summed E-state index contributed by atoms with van der Waals surface area (Å²) in [7, 11) is 0. The highest BCUT2D eigenvalue weighted by molar-refractivity contribution is 4.78. The number of hydrogen-bond acceptors (Lipinski definition) is 2. The van der Waals surface area contributed by atoms with E-state index < -0.39 is 0 Å². The lowest BCUT2D eigenvalue weighted by molar-refractivity contribution is 0.323. The van der Waals surface area contributed by atoms with Crippen LogP contribution in [0.15, 0.2) is 0 Å².